The molecule has 1 aliphatic rings. The van der Waals surface area contributed by atoms with Gasteiger partial charge < -0.3 is 5.32 Å². The molecular formula is C10H19NO. The van der Waals surface area contributed by atoms with E-state index in [2.05, 4.69) is 5.32 Å². The van der Waals surface area contributed by atoms with Gasteiger partial charge >= 0.3 is 0 Å². The van der Waals surface area contributed by atoms with Gasteiger partial charge in [0.15, 0.2) is 0 Å². The van der Waals surface area contributed by atoms with Gasteiger partial charge in [-0.15, -0.1) is 0 Å². The van der Waals surface area contributed by atoms with Crippen LogP contribution < -0.4 is 5.32 Å². The molecule has 0 heterocycles. The molecule has 1 N–H and O–H groups in total. The molecule has 1 fully saturated rings. The first-order chi connectivity index (χ1) is 5.74. The third-order valence-corrected chi connectivity index (χ3v) is 2.85. The second-order valence-electron chi connectivity index (χ2n) is 3.90. The fourth-order valence-corrected chi connectivity index (χ4v) is 2.13. The van der Waals surface area contributed by atoms with Gasteiger partial charge in [0, 0.05) is 5.92 Å². The number of carbonyl (C=O) groups is 1. The summed E-state index contributed by atoms with van der Waals surface area (Å²) < 4.78 is 0. The summed E-state index contributed by atoms with van der Waals surface area (Å²) >= 11 is 0. The molecule has 1 rings (SSSR count). The molecular weight excluding hydrogens is 150 g/mol. The quantitative estimate of drug-likeness (QED) is 0.695. The van der Waals surface area contributed by atoms with Crippen molar-refractivity contribution in [3.8, 4) is 0 Å². The van der Waals surface area contributed by atoms with Crippen LogP contribution in [-0.2, 0) is 4.79 Å². The van der Waals surface area contributed by atoms with Gasteiger partial charge in [0.1, 0.15) is 5.78 Å². The molecule has 0 aromatic carbocycles. The average molecular weight is 169 g/mol. The first-order valence-electron chi connectivity index (χ1n) is 4.89. The third-order valence-electron chi connectivity index (χ3n) is 2.85. The second kappa shape index (κ2) is 4.61. The largest absolute Gasteiger partial charge is 0.319 e. The van der Waals surface area contributed by atoms with E-state index in [0.29, 0.717) is 11.7 Å². The summed E-state index contributed by atoms with van der Waals surface area (Å²) in [5, 5.41) is 3.19. The van der Waals surface area contributed by atoms with Gasteiger partial charge in [0.2, 0.25) is 0 Å². The van der Waals surface area contributed by atoms with Crippen molar-refractivity contribution in [1.29, 1.82) is 0 Å². The van der Waals surface area contributed by atoms with Gasteiger partial charge in [0.25, 0.3) is 0 Å². The predicted octanol–water partition coefficient (Wildman–Crippen LogP) is 1.60. The minimum Gasteiger partial charge on any atom is -0.319 e. The highest BCUT2D eigenvalue weighted by Crippen LogP contribution is 2.28. The maximum atomic E-state index is 11.1. The van der Waals surface area contributed by atoms with Crippen molar-refractivity contribution in [3.63, 3.8) is 0 Å². The van der Waals surface area contributed by atoms with Crippen LogP contribution in [0.3, 0.4) is 0 Å². The van der Waals surface area contributed by atoms with Crippen LogP contribution in [0.5, 0.6) is 0 Å². The summed E-state index contributed by atoms with van der Waals surface area (Å²) in [6.07, 6.45) is 4.76. The zero-order valence-electron chi connectivity index (χ0n) is 8.10. The molecule has 0 aromatic heterocycles. The van der Waals surface area contributed by atoms with E-state index in [1.807, 2.05) is 7.05 Å². The molecule has 0 aromatic rings. The van der Waals surface area contributed by atoms with Gasteiger partial charge in [-0.25, -0.2) is 0 Å². The van der Waals surface area contributed by atoms with Crippen LogP contribution in [0.15, 0.2) is 0 Å². The van der Waals surface area contributed by atoms with Crippen LogP contribution in [0.4, 0.5) is 0 Å². The Kier molecular flexibility index (Phi) is 3.73. The van der Waals surface area contributed by atoms with Crippen molar-refractivity contribution in [1.82, 2.24) is 5.32 Å². The van der Waals surface area contributed by atoms with E-state index in [9.17, 15) is 4.79 Å². The standard InChI is InChI=1S/C10H19NO/c1-8(12)10-5-3-4-9(6-10)7-11-2/h9-11H,3-7H2,1-2H3. The van der Waals surface area contributed by atoms with Gasteiger partial charge in [-0.05, 0) is 45.7 Å². The van der Waals surface area contributed by atoms with E-state index in [-0.39, 0.29) is 0 Å². The zero-order chi connectivity index (χ0) is 8.97. The monoisotopic (exact) mass is 169 g/mol. The van der Waals surface area contributed by atoms with E-state index in [0.717, 1.165) is 25.3 Å². The SMILES string of the molecule is CNCC1CCCC(C(C)=O)C1. The van der Waals surface area contributed by atoms with Crippen molar-refractivity contribution in [2.75, 3.05) is 13.6 Å². The van der Waals surface area contributed by atoms with E-state index >= 15 is 0 Å². The first kappa shape index (κ1) is 9.72. The summed E-state index contributed by atoms with van der Waals surface area (Å²) in [5.74, 6) is 1.48. The lowest BCUT2D eigenvalue weighted by Crippen LogP contribution is -2.27. The number of hydrogen-bond donors (Lipinski definition) is 1. The summed E-state index contributed by atoms with van der Waals surface area (Å²) in [4.78, 5) is 11.1. The third kappa shape index (κ3) is 2.59. The number of Topliss-reactive ketones (excluding diaryl/α,β-unsaturated/α-hetero) is 1. The number of carbonyl (C=O) groups excluding carboxylic acids is 1. The Balaban J connectivity index is 2.35. The van der Waals surface area contributed by atoms with Crippen LogP contribution in [-0.4, -0.2) is 19.4 Å². The minimum absolute atomic E-state index is 0.358. The zero-order valence-corrected chi connectivity index (χ0v) is 8.10. The lowest BCUT2D eigenvalue weighted by Gasteiger charge is -2.27. The molecule has 70 valence electrons. The molecule has 2 heteroatoms. The summed E-state index contributed by atoms with van der Waals surface area (Å²) in [6.45, 7) is 2.80. The van der Waals surface area contributed by atoms with Gasteiger partial charge in [-0.3, -0.25) is 4.79 Å². The lowest BCUT2D eigenvalue weighted by molar-refractivity contribution is -0.122. The van der Waals surface area contributed by atoms with Gasteiger partial charge in [-0.2, -0.15) is 0 Å². The van der Waals surface area contributed by atoms with Crippen molar-refractivity contribution in [3.05, 3.63) is 0 Å². The fraction of sp³-hybridized carbons (Fsp3) is 0.900. The Morgan fingerprint density at radius 2 is 2.25 bits per heavy atom. The molecule has 2 atom stereocenters. The number of hydrogen-bond acceptors (Lipinski definition) is 2. The van der Waals surface area contributed by atoms with E-state index in [1.165, 1.54) is 12.8 Å². The first-order valence-corrected chi connectivity index (χ1v) is 4.89. The molecule has 2 nitrogen and oxygen atoms in total. The summed E-state index contributed by atoms with van der Waals surface area (Å²) in [5.41, 5.74) is 0. The Hall–Kier alpha value is -0.370. The van der Waals surface area contributed by atoms with E-state index < -0.39 is 0 Å². The van der Waals surface area contributed by atoms with Crippen LogP contribution in [0.25, 0.3) is 0 Å². The van der Waals surface area contributed by atoms with Crippen LogP contribution >= 0.6 is 0 Å². The maximum absolute atomic E-state index is 11.1. The topological polar surface area (TPSA) is 29.1 Å². The van der Waals surface area contributed by atoms with Crippen LogP contribution in [0.1, 0.15) is 32.6 Å². The van der Waals surface area contributed by atoms with E-state index in [1.54, 1.807) is 6.92 Å². The van der Waals surface area contributed by atoms with Gasteiger partial charge in [-0.1, -0.05) is 6.42 Å². The molecule has 0 amide bonds. The number of rotatable bonds is 3. The normalized spacial score (nSPS) is 30.2. The minimum atomic E-state index is 0.358. The number of ketones is 1. The lowest BCUT2D eigenvalue weighted by atomic mass is 9.80. The maximum Gasteiger partial charge on any atom is 0.132 e. The highest BCUT2D eigenvalue weighted by atomic mass is 16.1. The molecule has 0 saturated heterocycles. The van der Waals surface area contributed by atoms with Crippen LogP contribution in [0, 0.1) is 11.8 Å². The van der Waals surface area contributed by atoms with Crippen molar-refractivity contribution < 1.29 is 4.79 Å². The Bertz CT molecular complexity index is 154. The molecule has 1 aliphatic carbocycles. The molecule has 1 saturated carbocycles. The Morgan fingerprint density at radius 3 is 2.83 bits per heavy atom. The molecule has 0 aliphatic heterocycles. The highest BCUT2D eigenvalue weighted by molar-refractivity contribution is 5.78. The predicted molar refractivity (Wildman–Crippen MR) is 50.1 cm³/mol. The van der Waals surface area contributed by atoms with Crippen molar-refractivity contribution >= 4 is 5.78 Å². The molecule has 12 heavy (non-hydrogen) atoms. The second-order valence-corrected chi connectivity index (χ2v) is 3.90. The van der Waals surface area contributed by atoms with Crippen LogP contribution in [0.2, 0.25) is 0 Å². The summed E-state index contributed by atoms with van der Waals surface area (Å²) in [6, 6.07) is 0. The average Bonchev–Trinajstić information content (AvgIpc) is 2.05. The highest BCUT2D eigenvalue weighted by Gasteiger charge is 2.23. The Morgan fingerprint density at radius 1 is 1.50 bits per heavy atom. The van der Waals surface area contributed by atoms with E-state index in [4.69, 9.17) is 0 Å². The van der Waals surface area contributed by atoms with Crippen molar-refractivity contribution in [2.24, 2.45) is 11.8 Å². The Labute approximate surface area is 74.7 Å². The molecule has 0 spiro atoms. The van der Waals surface area contributed by atoms with Crippen molar-refractivity contribution in [2.45, 2.75) is 32.6 Å². The fourth-order valence-electron chi connectivity index (χ4n) is 2.13. The molecule has 0 radical (unpaired) electrons. The van der Waals surface area contributed by atoms with Gasteiger partial charge in [0.05, 0.1) is 0 Å². The summed E-state index contributed by atoms with van der Waals surface area (Å²) in [7, 11) is 1.98. The number of nitrogens with one attached hydrogen (secondary N) is 1. The smallest absolute Gasteiger partial charge is 0.132 e. The molecule has 0 bridgehead atoms. The molecule has 2 unspecified atom stereocenters.